The zero-order valence-electron chi connectivity index (χ0n) is 9.59. The summed E-state index contributed by atoms with van der Waals surface area (Å²) in [5, 5.41) is 12.4. The second-order valence-electron chi connectivity index (χ2n) is 3.66. The van der Waals surface area contributed by atoms with Gasteiger partial charge in [-0.05, 0) is 23.6 Å². The lowest BCUT2D eigenvalue weighted by atomic mass is 10.1. The van der Waals surface area contributed by atoms with Gasteiger partial charge in [-0.15, -0.1) is 0 Å². The van der Waals surface area contributed by atoms with Crippen LogP contribution in [0.4, 0.5) is 10.6 Å². The molecule has 94 valence electrons. The Hall–Kier alpha value is -2.50. The molecule has 1 amide bonds. The van der Waals surface area contributed by atoms with Crippen LogP contribution in [0.15, 0.2) is 30.5 Å². The molecule has 0 aliphatic heterocycles. The summed E-state index contributed by atoms with van der Waals surface area (Å²) >= 11 is 0. The van der Waals surface area contributed by atoms with Gasteiger partial charge in [-0.25, -0.2) is 9.78 Å². The fourth-order valence-corrected chi connectivity index (χ4v) is 1.59. The Labute approximate surface area is 103 Å². The molecule has 0 atom stereocenters. The molecule has 1 aromatic heterocycles. The first-order valence-electron chi connectivity index (χ1n) is 5.40. The highest BCUT2D eigenvalue weighted by Gasteiger charge is 2.01. The van der Waals surface area contributed by atoms with Crippen LogP contribution in [0.2, 0.25) is 0 Å². The highest BCUT2D eigenvalue weighted by atomic mass is 16.5. The maximum atomic E-state index is 10.2. The number of nitrogen functional groups attached to an aromatic ring is 1. The van der Waals surface area contributed by atoms with Crippen LogP contribution in [-0.4, -0.2) is 29.3 Å². The van der Waals surface area contributed by atoms with Crippen LogP contribution in [0, 0.1) is 0 Å². The van der Waals surface area contributed by atoms with Crippen molar-refractivity contribution in [2.24, 2.45) is 0 Å². The van der Waals surface area contributed by atoms with E-state index in [1.165, 1.54) is 0 Å². The van der Waals surface area contributed by atoms with E-state index in [4.69, 9.17) is 15.6 Å². The lowest BCUT2D eigenvalue weighted by Crippen LogP contribution is -2.26. The smallest absolute Gasteiger partial charge is 0.404 e. The molecule has 0 aliphatic rings. The number of anilines is 1. The first-order chi connectivity index (χ1) is 8.66. The number of nitrogens with zero attached hydrogens (tertiary/aromatic N) is 1. The summed E-state index contributed by atoms with van der Waals surface area (Å²) in [4.78, 5) is 14.2. The fraction of sp³-hybridized carbons (Fsp3) is 0.167. The van der Waals surface area contributed by atoms with Crippen molar-refractivity contribution in [2.45, 2.75) is 0 Å². The average molecular weight is 247 g/mol. The third-order valence-corrected chi connectivity index (χ3v) is 2.42. The quantitative estimate of drug-likeness (QED) is 0.710. The van der Waals surface area contributed by atoms with E-state index in [1.54, 1.807) is 12.3 Å². The van der Waals surface area contributed by atoms with E-state index in [0.29, 0.717) is 11.6 Å². The molecule has 0 bridgehead atoms. The van der Waals surface area contributed by atoms with E-state index in [-0.39, 0.29) is 13.2 Å². The van der Waals surface area contributed by atoms with Gasteiger partial charge >= 0.3 is 6.09 Å². The maximum Gasteiger partial charge on any atom is 0.404 e. The second-order valence-corrected chi connectivity index (χ2v) is 3.66. The number of benzene rings is 1. The molecule has 1 aromatic carbocycles. The molecule has 6 nitrogen and oxygen atoms in total. The summed E-state index contributed by atoms with van der Waals surface area (Å²) in [5.74, 6) is 1.08. The Balaban J connectivity index is 2.06. The SMILES string of the molecule is Nc1nccc2ccc(OCCNC(=O)O)cc12. The summed E-state index contributed by atoms with van der Waals surface area (Å²) in [6.45, 7) is 0.494. The van der Waals surface area contributed by atoms with E-state index in [9.17, 15) is 4.79 Å². The van der Waals surface area contributed by atoms with Crippen LogP contribution in [-0.2, 0) is 0 Å². The largest absolute Gasteiger partial charge is 0.492 e. The monoisotopic (exact) mass is 247 g/mol. The van der Waals surface area contributed by atoms with E-state index in [0.717, 1.165) is 10.8 Å². The molecule has 4 N–H and O–H groups in total. The predicted octanol–water partition coefficient (Wildman–Crippen LogP) is 1.46. The Morgan fingerprint density at radius 3 is 3.06 bits per heavy atom. The molecule has 6 heteroatoms. The molecule has 0 radical (unpaired) electrons. The van der Waals surface area contributed by atoms with Gasteiger partial charge in [-0.1, -0.05) is 6.07 Å². The first kappa shape index (κ1) is 12.0. The minimum atomic E-state index is -1.06. The second kappa shape index (κ2) is 5.22. The van der Waals surface area contributed by atoms with Gasteiger partial charge < -0.3 is 20.9 Å². The number of nitrogens with two attached hydrogens (primary N) is 1. The third kappa shape index (κ3) is 2.79. The van der Waals surface area contributed by atoms with E-state index in [2.05, 4.69) is 10.3 Å². The number of carboxylic acid groups (broad SMARTS) is 1. The van der Waals surface area contributed by atoms with Crippen molar-refractivity contribution < 1.29 is 14.6 Å². The molecular formula is C12H13N3O3. The van der Waals surface area contributed by atoms with Gasteiger partial charge in [0.2, 0.25) is 0 Å². The molecule has 2 aromatic rings. The van der Waals surface area contributed by atoms with E-state index >= 15 is 0 Å². The van der Waals surface area contributed by atoms with Crippen molar-refractivity contribution in [3.8, 4) is 5.75 Å². The van der Waals surface area contributed by atoms with Crippen LogP contribution in [0.5, 0.6) is 5.75 Å². The van der Waals surface area contributed by atoms with E-state index in [1.807, 2.05) is 18.2 Å². The third-order valence-electron chi connectivity index (χ3n) is 2.42. The number of aromatic nitrogens is 1. The van der Waals surface area contributed by atoms with Crippen LogP contribution in [0.25, 0.3) is 10.8 Å². The van der Waals surface area contributed by atoms with Crippen LogP contribution in [0.3, 0.4) is 0 Å². The fourth-order valence-electron chi connectivity index (χ4n) is 1.59. The van der Waals surface area contributed by atoms with Crippen molar-refractivity contribution in [3.63, 3.8) is 0 Å². The van der Waals surface area contributed by atoms with Gasteiger partial charge in [0.1, 0.15) is 18.2 Å². The molecule has 1 heterocycles. The molecule has 0 fully saturated rings. The number of hydrogen-bond donors (Lipinski definition) is 3. The number of amides is 1. The number of fused-ring (bicyclic) bond motifs is 1. The minimum absolute atomic E-state index is 0.232. The lowest BCUT2D eigenvalue weighted by molar-refractivity contribution is 0.191. The first-order valence-corrected chi connectivity index (χ1v) is 5.40. The number of rotatable bonds is 4. The van der Waals surface area contributed by atoms with Gasteiger partial charge in [0.15, 0.2) is 0 Å². The van der Waals surface area contributed by atoms with Crippen molar-refractivity contribution in [3.05, 3.63) is 30.5 Å². The Morgan fingerprint density at radius 2 is 2.28 bits per heavy atom. The topological polar surface area (TPSA) is 97.5 Å². The molecule has 0 spiro atoms. The van der Waals surface area contributed by atoms with Crippen LogP contribution < -0.4 is 15.8 Å². The number of pyridine rings is 1. The molecule has 0 unspecified atom stereocenters. The standard InChI is InChI=1S/C12H13N3O3/c13-11-10-7-9(18-6-5-15-12(16)17)2-1-8(10)3-4-14-11/h1-4,7,15H,5-6H2,(H2,13,14)(H,16,17). The predicted molar refractivity (Wildman–Crippen MR) is 67.7 cm³/mol. The summed E-state index contributed by atoms with van der Waals surface area (Å²) in [5.41, 5.74) is 5.76. The molecular weight excluding hydrogens is 234 g/mol. The summed E-state index contributed by atoms with van der Waals surface area (Å²) in [7, 11) is 0. The highest BCUT2D eigenvalue weighted by Crippen LogP contribution is 2.23. The number of carbonyl (C=O) groups is 1. The molecule has 0 saturated carbocycles. The number of hydrogen-bond acceptors (Lipinski definition) is 4. The number of ether oxygens (including phenoxy) is 1. The van der Waals surface area contributed by atoms with Crippen LogP contribution >= 0.6 is 0 Å². The van der Waals surface area contributed by atoms with Gasteiger partial charge in [0.05, 0.1) is 6.54 Å². The van der Waals surface area contributed by atoms with Gasteiger partial charge in [-0.3, -0.25) is 0 Å². The lowest BCUT2D eigenvalue weighted by Gasteiger charge is -2.08. The van der Waals surface area contributed by atoms with E-state index < -0.39 is 6.09 Å². The summed E-state index contributed by atoms with van der Waals surface area (Å²) in [6.07, 6.45) is 0.583. The zero-order valence-corrected chi connectivity index (χ0v) is 9.59. The molecule has 0 aliphatic carbocycles. The Morgan fingerprint density at radius 1 is 1.44 bits per heavy atom. The van der Waals surface area contributed by atoms with Gasteiger partial charge in [0.25, 0.3) is 0 Å². The zero-order chi connectivity index (χ0) is 13.0. The summed E-state index contributed by atoms with van der Waals surface area (Å²) < 4.78 is 5.41. The maximum absolute atomic E-state index is 10.2. The van der Waals surface area contributed by atoms with Crippen molar-refractivity contribution in [1.29, 1.82) is 0 Å². The number of nitrogens with one attached hydrogen (secondary N) is 1. The van der Waals surface area contributed by atoms with Crippen LogP contribution in [0.1, 0.15) is 0 Å². The normalized spacial score (nSPS) is 10.2. The Bertz CT molecular complexity index is 571. The van der Waals surface area contributed by atoms with Gasteiger partial charge in [0, 0.05) is 11.6 Å². The van der Waals surface area contributed by atoms with Crippen molar-refractivity contribution >= 4 is 22.7 Å². The average Bonchev–Trinajstić information content (AvgIpc) is 2.35. The minimum Gasteiger partial charge on any atom is -0.492 e. The highest BCUT2D eigenvalue weighted by molar-refractivity contribution is 5.91. The molecule has 2 rings (SSSR count). The summed E-state index contributed by atoms with van der Waals surface area (Å²) in [6, 6.07) is 7.34. The Kier molecular flexibility index (Phi) is 3.47. The van der Waals surface area contributed by atoms with Crippen molar-refractivity contribution in [2.75, 3.05) is 18.9 Å². The van der Waals surface area contributed by atoms with Gasteiger partial charge in [-0.2, -0.15) is 0 Å². The molecule has 18 heavy (non-hydrogen) atoms. The molecule has 0 saturated heterocycles. The van der Waals surface area contributed by atoms with Crippen molar-refractivity contribution in [1.82, 2.24) is 10.3 Å².